The minimum absolute atomic E-state index is 0.0122. The number of aliphatic hydroxyl groups is 1. The van der Waals surface area contributed by atoms with E-state index in [1.807, 2.05) is 12.1 Å². The second kappa shape index (κ2) is 4.50. The van der Waals surface area contributed by atoms with E-state index in [4.69, 9.17) is 14.6 Å². The zero-order chi connectivity index (χ0) is 9.80. The Labute approximate surface area is 82.5 Å². The Morgan fingerprint density at radius 3 is 2.93 bits per heavy atom. The fraction of sp³-hybridized carbons (Fsp3) is 0.500. The molecule has 1 aromatic rings. The predicted octanol–water partition coefficient (Wildman–Crippen LogP) is 0.878. The monoisotopic (exact) mass is 195 g/mol. The van der Waals surface area contributed by atoms with Crippen LogP contribution in [0.25, 0.3) is 0 Å². The second-order valence-corrected chi connectivity index (χ2v) is 3.22. The Hall–Kier alpha value is -0.970. The molecule has 0 aliphatic carbocycles. The molecule has 0 radical (unpaired) electrons. The highest BCUT2D eigenvalue weighted by atomic mass is 16.7. The van der Waals surface area contributed by atoms with Gasteiger partial charge in [0.15, 0.2) is 6.29 Å². The van der Waals surface area contributed by atoms with Crippen LogP contribution in [-0.4, -0.2) is 29.4 Å². The molecule has 0 amide bonds. The van der Waals surface area contributed by atoms with Gasteiger partial charge in [-0.1, -0.05) is 0 Å². The number of aromatic nitrogens is 1. The maximum atomic E-state index is 8.74. The average Bonchev–Trinajstić information content (AvgIpc) is 2.68. The van der Waals surface area contributed by atoms with E-state index in [9.17, 15) is 0 Å². The summed E-state index contributed by atoms with van der Waals surface area (Å²) >= 11 is 0. The van der Waals surface area contributed by atoms with Crippen molar-refractivity contribution in [1.82, 2.24) is 4.98 Å². The second-order valence-electron chi connectivity index (χ2n) is 3.22. The summed E-state index contributed by atoms with van der Waals surface area (Å²) in [7, 11) is 0. The fourth-order valence-electron chi connectivity index (χ4n) is 1.44. The highest BCUT2D eigenvalue weighted by Crippen LogP contribution is 2.27. The lowest BCUT2D eigenvalue weighted by molar-refractivity contribution is -0.0627. The van der Waals surface area contributed by atoms with E-state index in [0.29, 0.717) is 13.0 Å². The quantitative estimate of drug-likeness (QED) is 0.777. The molecule has 14 heavy (non-hydrogen) atoms. The molecule has 1 fully saturated rings. The third-order valence-electron chi connectivity index (χ3n) is 2.18. The zero-order valence-corrected chi connectivity index (χ0v) is 7.80. The molecular formula is C10H13NO3. The molecule has 0 aromatic carbocycles. The van der Waals surface area contributed by atoms with Crippen molar-refractivity contribution in [2.75, 3.05) is 13.2 Å². The van der Waals surface area contributed by atoms with Crippen LogP contribution < -0.4 is 0 Å². The Balaban J connectivity index is 1.96. The lowest BCUT2D eigenvalue weighted by Crippen LogP contribution is -2.11. The summed E-state index contributed by atoms with van der Waals surface area (Å²) in [4.78, 5) is 3.92. The number of rotatable bonds is 3. The maximum absolute atomic E-state index is 8.74. The van der Waals surface area contributed by atoms with Crippen LogP contribution in [0.4, 0.5) is 0 Å². The predicted molar refractivity (Wildman–Crippen MR) is 49.5 cm³/mol. The van der Waals surface area contributed by atoms with E-state index in [-0.39, 0.29) is 19.0 Å². The average molecular weight is 195 g/mol. The molecule has 0 spiro atoms. The topological polar surface area (TPSA) is 51.6 Å². The van der Waals surface area contributed by atoms with Crippen molar-refractivity contribution >= 4 is 0 Å². The first-order valence-electron chi connectivity index (χ1n) is 4.68. The molecule has 4 nitrogen and oxygen atoms in total. The van der Waals surface area contributed by atoms with Gasteiger partial charge in [-0.2, -0.15) is 0 Å². The lowest BCUT2D eigenvalue weighted by atomic mass is 10.2. The van der Waals surface area contributed by atoms with Crippen molar-refractivity contribution < 1.29 is 14.6 Å². The van der Waals surface area contributed by atoms with Gasteiger partial charge in [-0.25, -0.2) is 0 Å². The molecule has 2 heterocycles. The first-order valence-corrected chi connectivity index (χ1v) is 4.68. The molecule has 1 N–H and O–H groups in total. The van der Waals surface area contributed by atoms with E-state index in [1.165, 1.54) is 0 Å². The first kappa shape index (κ1) is 9.58. The van der Waals surface area contributed by atoms with Crippen LogP contribution in [-0.2, 0) is 9.47 Å². The molecule has 2 rings (SSSR count). The van der Waals surface area contributed by atoms with Crippen LogP contribution in [0, 0.1) is 0 Å². The van der Waals surface area contributed by atoms with Gasteiger partial charge < -0.3 is 14.6 Å². The summed E-state index contributed by atoms with van der Waals surface area (Å²) in [6, 6.07) is 3.73. The summed E-state index contributed by atoms with van der Waals surface area (Å²) in [5.74, 6) is 0. The van der Waals surface area contributed by atoms with Crippen molar-refractivity contribution in [2.45, 2.75) is 18.8 Å². The number of hydrogen-bond donors (Lipinski definition) is 1. The largest absolute Gasteiger partial charge is 0.396 e. The van der Waals surface area contributed by atoms with Gasteiger partial charge in [-0.3, -0.25) is 4.98 Å². The van der Waals surface area contributed by atoms with Gasteiger partial charge in [0.1, 0.15) is 0 Å². The third kappa shape index (κ3) is 2.09. The normalized spacial score (nSPS) is 26.6. The highest BCUT2D eigenvalue weighted by molar-refractivity contribution is 5.11. The van der Waals surface area contributed by atoms with Crippen molar-refractivity contribution in [2.24, 2.45) is 0 Å². The summed E-state index contributed by atoms with van der Waals surface area (Å²) in [5.41, 5.74) is 0.973. The Morgan fingerprint density at radius 1 is 1.43 bits per heavy atom. The molecule has 0 saturated carbocycles. The van der Waals surface area contributed by atoms with Gasteiger partial charge in [-0.05, 0) is 18.6 Å². The molecule has 76 valence electrons. The summed E-state index contributed by atoms with van der Waals surface area (Å²) in [5, 5.41) is 8.74. The molecular weight excluding hydrogens is 182 g/mol. The lowest BCUT2D eigenvalue weighted by Gasteiger charge is -2.10. The number of ether oxygens (including phenoxy) is 2. The molecule has 0 bridgehead atoms. The summed E-state index contributed by atoms with van der Waals surface area (Å²) in [6.45, 7) is 0.685. The van der Waals surface area contributed by atoms with Crippen LogP contribution in [0.1, 0.15) is 18.3 Å². The smallest absolute Gasteiger partial charge is 0.184 e. The Morgan fingerprint density at radius 2 is 2.21 bits per heavy atom. The molecule has 1 aliphatic heterocycles. The van der Waals surface area contributed by atoms with Crippen LogP contribution in [0.3, 0.4) is 0 Å². The van der Waals surface area contributed by atoms with E-state index in [2.05, 4.69) is 4.98 Å². The van der Waals surface area contributed by atoms with Crippen molar-refractivity contribution in [3.8, 4) is 0 Å². The van der Waals surface area contributed by atoms with Crippen LogP contribution >= 0.6 is 0 Å². The number of aliphatic hydroxyl groups excluding tert-OH is 1. The van der Waals surface area contributed by atoms with Gasteiger partial charge in [0.05, 0.1) is 12.7 Å². The molecule has 4 heteroatoms. The number of hydrogen-bond acceptors (Lipinski definition) is 4. The summed E-state index contributed by atoms with van der Waals surface area (Å²) in [6.07, 6.45) is 3.76. The van der Waals surface area contributed by atoms with Crippen LogP contribution in [0.2, 0.25) is 0 Å². The molecule has 2 atom stereocenters. The number of pyridine rings is 1. The zero-order valence-electron chi connectivity index (χ0n) is 7.80. The van der Waals surface area contributed by atoms with Gasteiger partial charge in [0, 0.05) is 24.6 Å². The van der Waals surface area contributed by atoms with Crippen LogP contribution in [0.15, 0.2) is 24.5 Å². The molecule has 1 aromatic heterocycles. The van der Waals surface area contributed by atoms with Gasteiger partial charge in [-0.15, -0.1) is 0 Å². The van der Waals surface area contributed by atoms with Crippen molar-refractivity contribution in [1.29, 1.82) is 0 Å². The SMILES string of the molecule is OCCC1COC(c2ccncc2)O1. The van der Waals surface area contributed by atoms with Crippen LogP contribution in [0.5, 0.6) is 0 Å². The van der Waals surface area contributed by atoms with Gasteiger partial charge >= 0.3 is 0 Å². The van der Waals surface area contributed by atoms with E-state index >= 15 is 0 Å². The minimum atomic E-state index is -0.297. The third-order valence-corrected chi connectivity index (χ3v) is 2.18. The van der Waals surface area contributed by atoms with Crippen molar-refractivity contribution in [3.05, 3.63) is 30.1 Å². The minimum Gasteiger partial charge on any atom is -0.396 e. The molecule has 2 unspecified atom stereocenters. The first-order chi connectivity index (χ1) is 6.90. The fourth-order valence-corrected chi connectivity index (χ4v) is 1.44. The Kier molecular flexibility index (Phi) is 3.08. The summed E-state index contributed by atoms with van der Waals surface area (Å²) < 4.78 is 11.0. The van der Waals surface area contributed by atoms with Gasteiger partial charge in [0.25, 0.3) is 0 Å². The van der Waals surface area contributed by atoms with E-state index in [1.54, 1.807) is 12.4 Å². The molecule has 1 saturated heterocycles. The standard InChI is InChI=1S/C10H13NO3/c12-6-3-9-7-13-10(14-9)8-1-4-11-5-2-8/h1-2,4-5,9-10,12H,3,6-7H2. The van der Waals surface area contributed by atoms with E-state index < -0.39 is 0 Å². The Bertz CT molecular complexity index is 278. The molecule has 1 aliphatic rings. The maximum Gasteiger partial charge on any atom is 0.184 e. The highest BCUT2D eigenvalue weighted by Gasteiger charge is 2.26. The number of nitrogens with zero attached hydrogens (tertiary/aromatic N) is 1. The van der Waals surface area contributed by atoms with Crippen molar-refractivity contribution in [3.63, 3.8) is 0 Å². The van der Waals surface area contributed by atoms with Gasteiger partial charge in [0.2, 0.25) is 0 Å². The van der Waals surface area contributed by atoms with E-state index in [0.717, 1.165) is 5.56 Å².